The molecule has 16 heavy (non-hydrogen) atoms. The van der Waals surface area contributed by atoms with Gasteiger partial charge >= 0.3 is 0 Å². The molecule has 0 fully saturated rings. The molecule has 0 aliphatic heterocycles. The van der Waals surface area contributed by atoms with E-state index < -0.39 is 0 Å². The van der Waals surface area contributed by atoms with Crippen LogP contribution in [-0.4, -0.2) is 12.6 Å². The first-order chi connectivity index (χ1) is 7.59. The number of nitrogens with one attached hydrogen (secondary N) is 1. The van der Waals surface area contributed by atoms with Gasteiger partial charge in [0.05, 0.1) is 0 Å². The zero-order valence-electron chi connectivity index (χ0n) is 11.0. The molecule has 0 bridgehead atoms. The average Bonchev–Trinajstić information content (AvgIpc) is 2.61. The molecule has 1 aromatic heterocycles. The van der Waals surface area contributed by atoms with E-state index in [9.17, 15) is 0 Å². The van der Waals surface area contributed by atoms with Crippen molar-refractivity contribution >= 4 is 11.3 Å². The molecule has 1 unspecified atom stereocenters. The zero-order valence-corrected chi connectivity index (χ0v) is 11.9. The molecular weight excluding hydrogens is 214 g/mol. The lowest BCUT2D eigenvalue weighted by Crippen LogP contribution is -2.28. The van der Waals surface area contributed by atoms with Crippen LogP contribution in [-0.2, 0) is 6.42 Å². The van der Waals surface area contributed by atoms with E-state index in [4.69, 9.17) is 0 Å². The molecule has 1 N–H and O–H groups in total. The Labute approximate surface area is 104 Å². The summed E-state index contributed by atoms with van der Waals surface area (Å²) in [5, 5.41) is 5.80. The van der Waals surface area contributed by atoms with E-state index >= 15 is 0 Å². The largest absolute Gasteiger partial charge is 0.314 e. The minimum atomic E-state index is 0.655. The van der Waals surface area contributed by atoms with Crippen molar-refractivity contribution in [2.75, 3.05) is 6.54 Å². The normalized spacial score (nSPS) is 13.3. The van der Waals surface area contributed by atoms with Gasteiger partial charge in [-0.15, -0.1) is 11.3 Å². The van der Waals surface area contributed by atoms with Crippen LogP contribution in [0.15, 0.2) is 11.4 Å². The van der Waals surface area contributed by atoms with Crippen LogP contribution in [0.5, 0.6) is 0 Å². The monoisotopic (exact) mass is 239 g/mol. The molecule has 0 aliphatic carbocycles. The molecule has 92 valence electrons. The van der Waals surface area contributed by atoms with Crippen LogP contribution in [0.1, 0.15) is 44.1 Å². The third kappa shape index (κ3) is 5.13. The third-order valence-electron chi connectivity index (χ3n) is 2.99. The standard InChI is InChI=1S/C14H25NS/c1-11(2)5-6-13(4)15-9-7-14-12(3)8-10-16-14/h8,10-11,13,15H,5-7,9H2,1-4H3. The molecule has 1 aromatic rings. The number of aryl methyl sites for hydroxylation is 1. The fraction of sp³-hybridized carbons (Fsp3) is 0.714. The predicted octanol–water partition coefficient (Wildman–Crippen LogP) is 4.01. The van der Waals surface area contributed by atoms with Crippen molar-refractivity contribution in [3.05, 3.63) is 21.9 Å². The van der Waals surface area contributed by atoms with Crippen molar-refractivity contribution < 1.29 is 0 Å². The molecule has 0 saturated carbocycles. The van der Waals surface area contributed by atoms with Crippen molar-refractivity contribution in [1.82, 2.24) is 5.32 Å². The summed E-state index contributed by atoms with van der Waals surface area (Å²) in [5.74, 6) is 0.823. The van der Waals surface area contributed by atoms with E-state index in [0.29, 0.717) is 6.04 Å². The van der Waals surface area contributed by atoms with Gasteiger partial charge in [0.1, 0.15) is 0 Å². The van der Waals surface area contributed by atoms with Crippen LogP contribution in [0.2, 0.25) is 0 Å². The van der Waals surface area contributed by atoms with Crippen LogP contribution >= 0.6 is 11.3 Å². The molecule has 0 radical (unpaired) electrons. The van der Waals surface area contributed by atoms with Crippen LogP contribution in [0.25, 0.3) is 0 Å². The van der Waals surface area contributed by atoms with Gasteiger partial charge in [-0.25, -0.2) is 0 Å². The van der Waals surface area contributed by atoms with Gasteiger partial charge in [0.2, 0.25) is 0 Å². The molecular formula is C14H25NS. The van der Waals surface area contributed by atoms with E-state index in [-0.39, 0.29) is 0 Å². The van der Waals surface area contributed by atoms with E-state index in [1.807, 2.05) is 11.3 Å². The Morgan fingerprint density at radius 2 is 2.00 bits per heavy atom. The molecule has 2 heteroatoms. The maximum atomic E-state index is 3.61. The van der Waals surface area contributed by atoms with E-state index in [1.54, 1.807) is 0 Å². The summed E-state index contributed by atoms with van der Waals surface area (Å²) in [4.78, 5) is 1.53. The molecule has 1 heterocycles. The minimum absolute atomic E-state index is 0.655. The van der Waals surface area contributed by atoms with Crippen LogP contribution < -0.4 is 5.32 Å². The number of hydrogen-bond donors (Lipinski definition) is 1. The first-order valence-corrected chi connectivity index (χ1v) is 7.24. The highest BCUT2D eigenvalue weighted by molar-refractivity contribution is 7.10. The smallest absolute Gasteiger partial charge is 0.00870 e. The minimum Gasteiger partial charge on any atom is -0.314 e. The van der Waals surface area contributed by atoms with Gasteiger partial charge in [-0.3, -0.25) is 0 Å². The molecule has 0 aromatic carbocycles. The van der Waals surface area contributed by atoms with E-state index in [2.05, 4.69) is 44.5 Å². The highest BCUT2D eigenvalue weighted by Crippen LogP contribution is 2.15. The molecule has 0 spiro atoms. The molecule has 0 aliphatic rings. The predicted molar refractivity (Wildman–Crippen MR) is 74.3 cm³/mol. The van der Waals surface area contributed by atoms with Crippen LogP contribution in [0.4, 0.5) is 0 Å². The molecule has 0 saturated heterocycles. The van der Waals surface area contributed by atoms with Crippen molar-refractivity contribution in [3.63, 3.8) is 0 Å². The molecule has 0 amide bonds. The van der Waals surface area contributed by atoms with Gasteiger partial charge in [0.15, 0.2) is 0 Å². The highest BCUT2D eigenvalue weighted by Gasteiger charge is 2.04. The lowest BCUT2D eigenvalue weighted by Gasteiger charge is -2.14. The number of hydrogen-bond acceptors (Lipinski definition) is 2. The highest BCUT2D eigenvalue weighted by atomic mass is 32.1. The van der Waals surface area contributed by atoms with Crippen molar-refractivity contribution in [3.8, 4) is 0 Å². The lowest BCUT2D eigenvalue weighted by molar-refractivity contribution is 0.454. The molecule has 1 rings (SSSR count). The maximum Gasteiger partial charge on any atom is 0.00870 e. The van der Waals surface area contributed by atoms with Gasteiger partial charge < -0.3 is 5.32 Å². The average molecular weight is 239 g/mol. The van der Waals surface area contributed by atoms with Crippen molar-refractivity contribution in [2.45, 2.75) is 53.0 Å². The van der Waals surface area contributed by atoms with Gasteiger partial charge in [-0.1, -0.05) is 13.8 Å². The zero-order chi connectivity index (χ0) is 12.0. The quantitative estimate of drug-likeness (QED) is 0.758. The summed E-state index contributed by atoms with van der Waals surface area (Å²) in [6.45, 7) is 10.2. The van der Waals surface area contributed by atoms with Crippen molar-refractivity contribution in [1.29, 1.82) is 0 Å². The van der Waals surface area contributed by atoms with Gasteiger partial charge in [-0.05, 0) is 56.0 Å². The summed E-state index contributed by atoms with van der Waals surface area (Å²) < 4.78 is 0. The second-order valence-electron chi connectivity index (χ2n) is 5.10. The second kappa shape index (κ2) is 7.08. The summed E-state index contributed by atoms with van der Waals surface area (Å²) in [5.41, 5.74) is 1.45. The fourth-order valence-corrected chi connectivity index (χ4v) is 2.69. The molecule has 1 nitrogen and oxygen atoms in total. The Hall–Kier alpha value is -0.340. The number of rotatable bonds is 7. The van der Waals surface area contributed by atoms with Gasteiger partial charge in [-0.2, -0.15) is 0 Å². The second-order valence-corrected chi connectivity index (χ2v) is 6.10. The Bertz CT molecular complexity index is 291. The summed E-state index contributed by atoms with van der Waals surface area (Å²) in [6, 6.07) is 2.87. The summed E-state index contributed by atoms with van der Waals surface area (Å²) in [7, 11) is 0. The Morgan fingerprint density at radius 3 is 2.56 bits per heavy atom. The third-order valence-corrected chi connectivity index (χ3v) is 4.07. The van der Waals surface area contributed by atoms with Crippen molar-refractivity contribution in [2.24, 2.45) is 5.92 Å². The summed E-state index contributed by atoms with van der Waals surface area (Å²) >= 11 is 1.88. The van der Waals surface area contributed by atoms with Gasteiger partial charge in [0, 0.05) is 17.5 Å². The summed E-state index contributed by atoms with van der Waals surface area (Å²) in [6.07, 6.45) is 3.79. The van der Waals surface area contributed by atoms with Crippen LogP contribution in [0.3, 0.4) is 0 Å². The Kier molecular flexibility index (Phi) is 6.07. The first-order valence-electron chi connectivity index (χ1n) is 6.36. The number of thiophene rings is 1. The topological polar surface area (TPSA) is 12.0 Å². The Balaban J connectivity index is 2.13. The molecule has 1 atom stereocenters. The lowest BCUT2D eigenvalue weighted by atomic mass is 10.0. The SMILES string of the molecule is Cc1ccsc1CCNC(C)CCC(C)C. The van der Waals surface area contributed by atoms with Gasteiger partial charge in [0.25, 0.3) is 0 Å². The van der Waals surface area contributed by atoms with E-state index in [1.165, 1.54) is 29.7 Å². The van der Waals surface area contributed by atoms with E-state index in [0.717, 1.165) is 12.5 Å². The fourth-order valence-electron chi connectivity index (χ4n) is 1.78. The van der Waals surface area contributed by atoms with Crippen LogP contribution in [0, 0.1) is 12.8 Å². The first kappa shape index (κ1) is 13.7. The Morgan fingerprint density at radius 1 is 1.25 bits per heavy atom. The maximum absolute atomic E-state index is 3.61.